The van der Waals surface area contributed by atoms with E-state index in [0.29, 0.717) is 18.2 Å². The highest BCUT2D eigenvalue weighted by Crippen LogP contribution is 2.18. The Balaban J connectivity index is 1.99. The lowest BCUT2D eigenvalue weighted by atomic mass is 10.3. The van der Waals surface area contributed by atoms with Gasteiger partial charge in [0, 0.05) is 11.8 Å². The summed E-state index contributed by atoms with van der Waals surface area (Å²) in [5.41, 5.74) is 3.34. The molecule has 0 radical (unpaired) electrons. The second-order valence-corrected chi connectivity index (χ2v) is 4.15. The summed E-state index contributed by atoms with van der Waals surface area (Å²) in [6.45, 7) is 4.75. The molecule has 1 heterocycles. The number of anilines is 1. The minimum atomic E-state index is 0.282. The van der Waals surface area contributed by atoms with Gasteiger partial charge in [-0.2, -0.15) is 0 Å². The van der Waals surface area contributed by atoms with Crippen molar-refractivity contribution < 1.29 is 9.47 Å². The number of rotatable bonds is 6. The number of aryl methyl sites for hydroxylation is 1. The van der Waals surface area contributed by atoms with Crippen molar-refractivity contribution in [3.05, 3.63) is 41.9 Å². The predicted molar refractivity (Wildman–Crippen MR) is 76.5 cm³/mol. The Morgan fingerprint density at radius 3 is 2.35 bits per heavy atom. The number of hydrogen-bond donors (Lipinski definition) is 2. The molecule has 106 valence electrons. The van der Waals surface area contributed by atoms with E-state index in [0.717, 1.165) is 17.2 Å². The highest BCUT2D eigenvalue weighted by molar-refractivity contribution is 5.34. The monoisotopic (exact) mass is 274 g/mol. The fourth-order valence-corrected chi connectivity index (χ4v) is 1.72. The molecular weight excluding hydrogens is 256 g/mol. The second kappa shape index (κ2) is 6.72. The number of aromatic nitrogens is 2. The fraction of sp³-hybridized carbons (Fsp3) is 0.286. The molecule has 0 atom stereocenters. The maximum Gasteiger partial charge on any atom is 0.168 e. The molecule has 20 heavy (non-hydrogen) atoms. The first kappa shape index (κ1) is 14.1. The summed E-state index contributed by atoms with van der Waals surface area (Å²) in [6.07, 6.45) is 0. The van der Waals surface area contributed by atoms with Crippen molar-refractivity contribution in [3.8, 4) is 11.5 Å². The minimum Gasteiger partial charge on any atom is -0.494 e. The fourth-order valence-electron chi connectivity index (χ4n) is 1.72. The zero-order chi connectivity index (χ0) is 14.4. The zero-order valence-electron chi connectivity index (χ0n) is 11.6. The summed E-state index contributed by atoms with van der Waals surface area (Å²) < 4.78 is 11.0. The molecule has 6 nitrogen and oxygen atoms in total. The third-order valence-corrected chi connectivity index (χ3v) is 2.55. The summed E-state index contributed by atoms with van der Waals surface area (Å²) in [6, 6.07) is 9.19. The molecule has 0 aliphatic rings. The number of benzene rings is 1. The summed E-state index contributed by atoms with van der Waals surface area (Å²) >= 11 is 0. The molecule has 0 amide bonds. The SMILES string of the molecule is CCOc1ccc(OCc2nc(C)cc(NN)n2)cc1. The van der Waals surface area contributed by atoms with E-state index >= 15 is 0 Å². The van der Waals surface area contributed by atoms with Crippen LogP contribution in [0.2, 0.25) is 0 Å². The van der Waals surface area contributed by atoms with Crippen LogP contribution in [0.1, 0.15) is 18.4 Å². The Bertz CT molecular complexity index is 558. The molecule has 1 aromatic heterocycles. The van der Waals surface area contributed by atoms with Gasteiger partial charge in [-0.25, -0.2) is 15.8 Å². The van der Waals surface area contributed by atoms with E-state index in [1.165, 1.54) is 0 Å². The van der Waals surface area contributed by atoms with Crippen LogP contribution >= 0.6 is 0 Å². The lowest BCUT2D eigenvalue weighted by Crippen LogP contribution is -2.12. The van der Waals surface area contributed by atoms with Crippen LogP contribution < -0.4 is 20.7 Å². The summed E-state index contributed by atoms with van der Waals surface area (Å²) in [4.78, 5) is 8.50. The van der Waals surface area contributed by atoms with Crippen LogP contribution in [0.4, 0.5) is 5.82 Å². The summed E-state index contributed by atoms with van der Waals surface area (Å²) in [5, 5.41) is 0. The lowest BCUT2D eigenvalue weighted by Gasteiger charge is -2.08. The van der Waals surface area contributed by atoms with Crippen molar-refractivity contribution in [3.63, 3.8) is 0 Å². The quantitative estimate of drug-likeness (QED) is 0.619. The largest absolute Gasteiger partial charge is 0.494 e. The van der Waals surface area contributed by atoms with Crippen molar-refractivity contribution in [2.45, 2.75) is 20.5 Å². The molecule has 2 rings (SSSR count). The van der Waals surface area contributed by atoms with Crippen molar-refractivity contribution in [2.75, 3.05) is 12.0 Å². The Labute approximate surface area is 117 Å². The molecule has 0 aliphatic carbocycles. The van der Waals surface area contributed by atoms with Crippen LogP contribution in [-0.2, 0) is 6.61 Å². The highest BCUT2D eigenvalue weighted by Gasteiger charge is 2.03. The Kier molecular flexibility index (Phi) is 4.73. The van der Waals surface area contributed by atoms with Crippen LogP contribution in [0, 0.1) is 6.92 Å². The number of nitrogens with zero attached hydrogens (tertiary/aromatic N) is 2. The Morgan fingerprint density at radius 1 is 1.10 bits per heavy atom. The van der Waals surface area contributed by atoms with Gasteiger partial charge in [-0.3, -0.25) is 0 Å². The first-order valence-corrected chi connectivity index (χ1v) is 6.38. The van der Waals surface area contributed by atoms with Gasteiger partial charge in [0.15, 0.2) is 5.82 Å². The first-order chi connectivity index (χ1) is 9.71. The normalized spacial score (nSPS) is 10.2. The van der Waals surface area contributed by atoms with E-state index < -0.39 is 0 Å². The van der Waals surface area contributed by atoms with Crippen molar-refractivity contribution in [1.82, 2.24) is 9.97 Å². The number of nitrogen functional groups attached to an aromatic ring is 1. The van der Waals surface area contributed by atoms with Gasteiger partial charge in [0.1, 0.15) is 23.9 Å². The van der Waals surface area contributed by atoms with E-state index in [2.05, 4.69) is 15.4 Å². The maximum atomic E-state index is 5.63. The molecule has 2 aromatic rings. The predicted octanol–water partition coefficient (Wildman–Crippen LogP) is 2.05. The number of hydrogen-bond acceptors (Lipinski definition) is 6. The third-order valence-electron chi connectivity index (χ3n) is 2.55. The van der Waals surface area contributed by atoms with Crippen molar-refractivity contribution in [2.24, 2.45) is 5.84 Å². The van der Waals surface area contributed by atoms with Gasteiger partial charge < -0.3 is 14.9 Å². The molecule has 6 heteroatoms. The zero-order valence-corrected chi connectivity index (χ0v) is 11.6. The molecule has 0 saturated heterocycles. The van der Waals surface area contributed by atoms with Crippen LogP contribution in [0.15, 0.2) is 30.3 Å². The number of ether oxygens (including phenoxy) is 2. The summed E-state index contributed by atoms with van der Waals surface area (Å²) in [7, 11) is 0. The summed E-state index contributed by atoms with van der Waals surface area (Å²) in [5.74, 6) is 8.05. The smallest absolute Gasteiger partial charge is 0.168 e. The van der Waals surface area contributed by atoms with Crippen molar-refractivity contribution >= 4 is 5.82 Å². The van der Waals surface area contributed by atoms with E-state index in [4.69, 9.17) is 15.3 Å². The first-order valence-electron chi connectivity index (χ1n) is 6.38. The number of hydrazine groups is 1. The van der Waals surface area contributed by atoms with E-state index in [1.807, 2.05) is 38.1 Å². The van der Waals surface area contributed by atoms with Gasteiger partial charge in [-0.05, 0) is 38.1 Å². The molecule has 0 bridgehead atoms. The van der Waals surface area contributed by atoms with Gasteiger partial charge in [-0.15, -0.1) is 0 Å². The molecule has 0 aliphatic heterocycles. The Hall–Kier alpha value is -2.34. The van der Waals surface area contributed by atoms with Crippen LogP contribution in [0.5, 0.6) is 11.5 Å². The Morgan fingerprint density at radius 2 is 1.75 bits per heavy atom. The van der Waals surface area contributed by atoms with E-state index in [9.17, 15) is 0 Å². The highest BCUT2D eigenvalue weighted by atomic mass is 16.5. The lowest BCUT2D eigenvalue weighted by molar-refractivity contribution is 0.294. The third kappa shape index (κ3) is 3.83. The molecule has 3 N–H and O–H groups in total. The van der Waals surface area contributed by atoms with Crippen LogP contribution in [0.3, 0.4) is 0 Å². The van der Waals surface area contributed by atoms with Crippen LogP contribution in [0.25, 0.3) is 0 Å². The molecule has 0 fully saturated rings. The molecule has 1 aromatic carbocycles. The van der Waals surface area contributed by atoms with Gasteiger partial charge in [-0.1, -0.05) is 0 Å². The van der Waals surface area contributed by atoms with Gasteiger partial charge in [0.2, 0.25) is 0 Å². The average Bonchev–Trinajstić information content (AvgIpc) is 2.46. The van der Waals surface area contributed by atoms with Gasteiger partial charge in [0.25, 0.3) is 0 Å². The number of nitrogens with one attached hydrogen (secondary N) is 1. The maximum absolute atomic E-state index is 5.63. The molecule has 0 saturated carbocycles. The van der Waals surface area contributed by atoms with Crippen LogP contribution in [-0.4, -0.2) is 16.6 Å². The minimum absolute atomic E-state index is 0.282. The van der Waals surface area contributed by atoms with Gasteiger partial charge >= 0.3 is 0 Å². The second-order valence-electron chi connectivity index (χ2n) is 4.15. The molecular formula is C14H18N4O2. The number of nitrogens with two attached hydrogens (primary N) is 1. The topological polar surface area (TPSA) is 82.3 Å². The van der Waals surface area contributed by atoms with Gasteiger partial charge in [0.05, 0.1) is 6.61 Å². The van der Waals surface area contributed by atoms with Crippen molar-refractivity contribution in [1.29, 1.82) is 0 Å². The molecule has 0 unspecified atom stereocenters. The van der Waals surface area contributed by atoms with E-state index in [1.54, 1.807) is 6.07 Å². The standard InChI is InChI=1S/C14H18N4O2/c1-3-19-11-4-6-12(7-5-11)20-9-14-16-10(2)8-13(17-14)18-15/h4-8H,3,9,15H2,1-2H3,(H,16,17,18). The molecule has 0 spiro atoms. The average molecular weight is 274 g/mol. The van der Waals surface area contributed by atoms with E-state index in [-0.39, 0.29) is 6.61 Å².